The van der Waals surface area contributed by atoms with Crippen LogP contribution in [-0.2, 0) is 4.74 Å². The number of anilines is 1. The molecule has 1 heterocycles. The highest BCUT2D eigenvalue weighted by Crippen LogP contribution is 2.29. The van der Waals surface area contributed by atoms with Crippen LogP contribution in [0.25, 0.3) is 0 Å². The predicted molar refractivity (Wildman–Crippen MR) is 110 cm³/mol. The monoisotopic (exact) mass is 453 g/mol. The second-order valence-corrected chi connectivity index (χ2v) is 7.22. The molecule has 4 rings (SSSR count). The third kappa shape index (κ3) is 4.00. The molecule has 2 amide bonds. The van der Waals surface area contributed by atoms with Crippen molar-refractivity contribution in [2.24, 2.45) is 0 Å². The van der Waals surface area contributed by atoms with Crippen LogP contribution >= 0.6 is 0 Å². The summed E-state index contributed by atoms with van der Waals surface area (Å²) in [5.74, 6) is -5.92. The van der Waals surface area contributed by atoms with Crippen LogP contribution in [0.3, 0.4) is 0 Å². The summed E-state index contributed by atoms with van der Waals surface area (Å²) in [5.41, 5.74) is -0.123. The van der Waals surface area contributed by atoms with E-state index in [0.29, 0.717) is 6.07 Å². The van der Waals surface area contributed by atoms with Crippen molar-refractivity contribution in [3.8, 4) is 0 Å². The number of rotatable bonds is 5. The van der Waals surface area contributed by atoms with Gasteiger partial charge < -0.3 is 4.74 Å². The van der Waals surface area contributed by atoms with E-state index in [9.17, 15) is 32.3 Å². The molecular weight excluding hydrogens is 439 g/mol. The van der Waals surface area contributed by atoms with Crippen LogP contribution in [0.4, 0.5) is 18.9 Å². The molecule has 166 valence electrons. The van der Waals surface area contributed by atoms with E-state index >= 15 is 0 Å². The number of carbonyl (C=O) groups is 4. The van der Waals surface area contributed by atoms with Crippen LogP contribution in [0.2, 0.25) is 0 Å². The average molecular weight is 453 g/mol. The fraction of sp³-hybridized carbons (Fsp3) is 0.0833. The fourth-order valence-electron chi connectivity index (χ4n) is 3.36. The van der Waals surface area contributed by atoms with Crippen LogP contribution in [-0.4, -0.2) is 29.7 Å². The third-order valence-corrected chi connectivity index (χ3v) is 5.06. The molecule has 1 unspecified atom stereocenters. The zero-order valence-corrected chi connectivity index (χ0v) is 17.0. The van der Waals surface area contributed by atoms with E-state index in [2.05, 4.69) is 0 Å². The highest BCUT2D eigenvalue weighted by atomic mass is 19.2. The Morgan fingerprint density at radius 3 is 2.09 bits per heavy atom. The summed E-state index contributed by atoms with van der Waals surface area (Å²) < 4.78 is 44.7. The van der Waals surface area contributed by atoms with Crippen molar-refractivity contribution >= 4 is 29.3 Å². The zero-order valence-electron chi connectivity index (χ0n) is 17.0. The number of carbonyl (C=O) groups excluding carboxylic acids is 4. The molecule has 0 radical (unpaired) electrons. The van der Waals surface area contributed by atoms with Crippen LogP contribution in [0.5, 0.6) is 0 Å². The molecule has 1 aliphatic rings. The predicted octanol–water partition coefficient (Wildman–Crippen LogP) is 4.33. The minimum atomic E-state index is -1.33. The smallest absolute Gasteiger partial charge is 0.338 e. The van der Waals surface area contributed by atoms with Gasteiger partial charge in [0, 0.05) is 5.56 Å². The van der Waals surface area contributed by atoms with Gasteiger partial charge in [0.05, 0.1) is 22.4 Å². The van der Waals surface area contributed by atoms with Gasteiger partial charge >= 0.3 is 5.97 Å². The van der Waals surface area contributed by atoms with Gasteiger partial charge in [-0.05, 0) is 67.6 Å². The summed E-state index contributed by atoms with van der Waals surface area (Å²) in [4.78, 5) is 51.2. The molecule has 33 heavy (non-hydrogen) atoms. The standard InChI is InChI=1S/C24H14F3NO5/c1-12(21(29)13-3-9-19(26)20(27)11-13)33-24(32)14-2-8-17-18(10-14)23(31)28(22(17)30)16-6-4-15(25)5-7-16/h2-12H,1H3. The molecule has 0 saturated carbocycles. The molecule has 0 spiro atoms. The van der Waals surface area contributed by atoms with E-state index in [1.165, 1.54) is 31.2 Å². The lowest BCUT2D eigenvalue weighted by Gasteiger charge is -2.13. The molecule has 0 fully saturated rings. The maximum Gasteiger partial charge on any atom is 0.338 e. The van der Waals surface area contributed by atoms with E-state index in [1.807, 2.05) is 0 Å². The van der Waals surface area contributed by atoms with Crippen molar-refractivity contribution in [1.29, 1.82) is 0 Å². The van der Waals surface area contributed by atoms with Crippen LogP contribution in [0.1, 0.15) is 48.4 Å². The zero-order chi connectivity index (χ0) is 23.9. The Morgan fingerprint density at radius 1 is 0.788 bits per heavy atom. The molecule has 0 aliphatic carbocycles. The number of esters is 1. The maximum atomic E-state index is 13.4. The summed E-state index contributed by atoms with van der Waals surface area (Å²) >= 11 is 0. The van der Waals surface area contributed by atoms with Gasteiger partial charge in [-0.1, -0.05) is 0 Å². The first kappa shape index (κ1) is 21.9. The van der Waals surface area contributed by atoms with Gasteiger partial charge in [-0.25, -0.2) is 22.9 Å². The lowest BCUT2D eigenvalue weighted by atomic mass is 10.1. The van der Waals surface area contributed by atoms with Crippen molar-refractivity contribution in [2.75, 3.05) is 4.90 Å². The van der Waals surface area contributed by atoms with E-state index < -0.39 is 47.1 Å². The van der Waals surface area contributed by atoms with E-state index in [4.69, 9.17) is 4.74 Å². The number of hydrogen-bond donors (Lipinski definition) is 0. The Labute approximate surface area is 185 Å². The number of nitrogens with zero attached hydrogens (tertiary/aromatic N) is 1. The largest absolute Gasteiger partial charge is 0.451 e. The number of ketones is 1. The number of Topliss-reactive ketones (excluding diaryl/α,β-unsaturated/α-hetero) is 1. The van der Waals surface area contributed by atoms with Gasteiger partial charge in [0.2, 0.25) is 5.78 Å². The van der Waals surface area contributed by atoms with Gasteiger partial charge in [0.1, 0.15) is 5.82 Å². The Morgan fingerprint density at radius 2 is 1.42 bits per heavy atom. The molecule has 0 N–H and O–H groups in total. The van der Waals surface area contributed by atoms with Crippen LogP contribution in [0, 0.1) is 17.5 Å². The highest BCUT2D eigenvalue weighted by molar-refractivity contribution is 6.34. The van der Waals surface area contributed by atoms with E-state index in [0.717, 1.165) is 35.2 Å². The first-order valence-corrected chi connectivity index (χ1v) is 9.66. The van der Waals surface area contributed by atoms with E-state index in [1.54, 1.807) is 0 Å². The van der Waals surface area contributed by atoms with Gasteiger partial charge in [0.15, 0.2) is 17.7 Å². The maximum absolute atomic E-state index is 13.4. The molecule has 1 aliphatic heterocycles. The average Bonchev–Trinajstić information content (AvgIpc) is 3.05. The Kier molecular flexibility index (Phi) is 5.55. The molecule has 0 saturated heterocycles. The summed E-state index contributed by atoms with van der Waals surface area (Å²) in [6.45, 7) is 1.26. The quantitative estimate of drug-likeness (QED) is 0.326. The second kappa shape index (κ2) is 8.34. The van der Waals surface area contributed by atoms with Gasteiger partial charge in [-0.15, -0.1) is 0 Å². The SMILES string of the molecule is CC(OC(=O)c1ccc2c(c1)C(=O)N(c1ccc(F)cc1)C2=O)C(=O)c1ccc(F)c(F)c1. The van der Waals surface area contributed by atoms with Crippen molar-refractivity contribution < 1.29 is 37.1 Å². The van der Waals surface area contributed by atoms with Crippen molar-refractivity contribution in [1.82, 2.24) is 0 Å². The minimum Gasteiger partial charge on any atom is -0.451 e. The molecule has 9 heteroatoms. The van der Waals surface area contributed by atoms with Crippen molar-refractivity contribution in [3.63, 3.8) is 0 Å². The normalized spacial score (nSPS) is 13.6. The van der Waals surface area contributed by atoms with E-state index in [-0.39, 0.29) is 27.9 Å². The number of ether oxygens (including phenoxy) is 1. The number of imide groups is 1. The third-order valence-electron chi connectivity index (χ3n) is 5.06. The van der Waals surface area contributed by atoms with Gasteiger partial charge in [-0.2, -0.15) is 0 Å². The fourth-order valence-corrected chi connectivity index (χ4v) is 3.36. The number of hydrogen-bond acceptors (Lipinski definition) is 5. The number of amides is 2. The molecule has 0 aromatic heterocycles. The molecule has 0 bridgehead atoms. The molecule has 3 aromatic rings. The summed E-state index contributed by atoms with van der Waals surface area (Å²) in [7, 11) is 0. The van der Waals surface area contributed by atoms with Crippen LogP contribution in [0.15, 0.2) is 60.7 Å². The van der Waals surface area contributed by atoms with Crippen molar-refractivity contribution in [3.05, 3.63) is 100 Å². The minimum absolute atomic E-state index is 0.0480. The number of benzene rings is 3. The Balaban J connectivity index is 1.53. The lowest BCUT2D eigenvalue weighted by Crippen LogP contribution is -2.29. The van der Waals surface area contributed by atoms with Gasteiger partial charge in [0.25, 0.3) is 11.8 Å². The summed E-state index contributed by atoms with van der Waals surface area (Å²) in [5, 5.41) is 0. The van der Waals surface area contributed by atoms with Crippen LogP contribution < -0.4 is 4.90 Å². The van der Waals surface area contributed by atoms with Gasteiger partial charge in [-0.3, -0.25) is 14.4 Å². The molecule has 6 nitrogen and oxygen atoms in total. The first-order valence-electron chi connectivity index (χ1n) is 9.66. The first-order chi connectivity index (χ1) is 15.7. The summed E-state index contributed by atoms with van der Waals surface area (Å²) in [6, 6.07) is 11.0. The number of fused-ring (bicyclic) bond motifs is 1. The Bertz CT molecular complexity index is 1320. The Hall–Kier alpha value is -4.27. The molecular formula is C24H14F3NO5. The lowest BCUT2D eigenvalue weighted by molar-refractivity contribution is 0.0318. The summed E-state index contributed by atoms with van der Waals surface area (Å²) in [6.07, 6.45) is -1.33. The second-order valence-electron chi connectivity index (χ2n) is 7.22. The highest BCUT2D eigenvalue weighted by Gasteiger charge is 2.37. The molecule has 3 aromatic carbocycles. The van der Waals surface area contributed by atoms with Crippen molar-refractivity contribution in [2.45, 2.75) is 13.0 Å². The molecule has 1 atom stereocenters. The number of halogens is 3. The topological polar surface area (TPSA) is 80.8 Å².